The number of hydrogen-bond donors (Lipinski definition) is 1. The fourth-order valence-electron chi connectivity index (χ4n) is 0.447. The van der Waals surface area contributed by atoms with Gasteiger partial charge < -0.3 is 5.09 Å². The van der Waals surface area contributed by atoms with Gasteiger partial charge in [-0.15, -0.1) is 0 Å². The lowest BCUT2D eigenvalue weighted by atomic mass is 10.3. The Balaban J connectivity index is 4.09. The average Bonchev–Trinajstić information content (AvgIpc) is 1.79. The highest BCUT2D eigenvalue weighted by Crippen LogP contribution is 2.52. The molecule has 0 amide bonds. The van der Waals surface area contributed by atoms with Gasteiger partial charge in [-0.1, -0.05) is 24.8 Å². The number of hydrogen-bond acceptors (Lipinski definition) is 1. The third kappa shape index (κ3) is 7.93. The lowest BCUT2D eigenvalue weighted by Crippen LogP contribution is -1.99. The second kappa shape index (κ2) is 4.76. The molecule has 0 aliphatic carbocycles. The first kappa shape index (κ1) is 11.8. The Hall–Kier alpha value is -0.170. The van der Waals surface area contributed by atoms with Crippen molar-refractivity contribution in [2.45, 2.75) is 6.92 Å². The zero-order chi connectivity index (χ0) is 9.78. The lowest BCUT2D eigenvalue weighted by molar-refractivity contribution is 0.589. The van der Waals surface area contributed by atoms with Crippen LogP contribution in [0.5, 0.6) is 0 Å². The van der Waals surface area contributed by atoms with Crippen molar-refractivity contribution in [2.75, 3.05) is 0 Å². The van der Waals surface area contributed by atoms with Crippen molar-refractivity contribution in [1.29, 1.82) is 0 Å². The van der Waals surface area contributed by atoms with Crippen LogP contribution in [0, 0.1) is 0 Å². The van der Waals surface area contributed by atoms with Crippen molar-refractivity contribution in [3.63, 3.8) is 0 Å². The molecule has 1 N–H and O–H groups in total. The molecule has 0 bridgehead atoms. The van der Waals surface area contributed by atoms with Gasteiger partial charge in [0.05, 0.1) is 0 Å². The molecule has 5 heteroatoms. The Kier molecular flexibility index (Phi) is 4.69. The second-order valence-corrected chi connectivity index (χ2v) is 6.80. The summed E-state index contributed by atoms with van der Waals surface area (Å²) >= 11 is 10.5. The highest BCUT2D eigenvalue weighted by atomic mass is 35.9. The summed E-state index contributed by atoms with van der Waals surface area (Å²) in [5.41, 5.74) is 1.25. The van der Waals surface area contributed by atoms with Crippen molar-refractivity contribution in [2.24, 2.45) is 0 Å². The molecular formula is C7H10Cl2NOP. The van der Waals surface area contributed by atoms with Crippen LogP contribution in [0.3, 0.4) is 0 Å². The first-order valence-corrected chi connectivity index (χ1v) is 6.63. The summed E-state index contributed by atoms with van der Waals surface area (Å²) < 4.78 is 10.8. The Morgan fingerprint density at radius 2 is 1.92 bits per heavy atom. The quantitative estimate of drug-likeness (QED) is 0.583. The predicted molar refractivity (Wildman–Crippen MR) is 55.5 cm³/mol. The Bertz CT molecular complexity index is 267. The first-order chi connectivity index (χ1) is 5.31. The molecule has 0 spiro atoms. The van der Waals surface area contributed by atoms with E-state index in [2.05, 4.69) is 18.2 Å². The van der Waals surface area contributed by atoms with E-state index in [-0.39, 0.29) is 0 Å². The number of halogens is 2. The van der Waals surface area contributed by atoms with Gasteiger partial charge >= 0.3 is 6.00 Å². The molecule has 0 aromatic heterocycles. The molecule has 0 aromatic carbocycles. The van der Waals surface area contributed by atoms with Gasteiger partial charge in [-0.3, -0.25) is 4.57 Å². The maximum absolute atomic E-state index is 10.8. The Morgan fingerprint density at radius 3 is 2.25 bits per heavy atom. The number of allylic oxidation sites excluding steroid dienone is 3. The minimum absolute atomic E-state index is 0.395. The van der Waals surface area contributed by atoms with Gasteiger partial charge in [0.2, 0.25) is 0 Å². The highest BCUT2D eigenvalue weighted by Gasteiger charge is 2.11. The maximum atomic E-state index is 10.8. The van der Waals surface area contributed by atoms with Crippen LogP contribution in [0.1, 0.15) is 6.92 Å². The molecule has 0 rings (SSSR count). The number of nitrogens with one attached hydrogen (secondary N) is 1. The molecule has 0 heterocycles. The van der Waals surface area contributed by atoms with Crippen molar-refractivity contribution in [1.82, 2.24) is 5.09 Å². The van der Waals surface area contributed by atoms with Crippen LogP contribution < -0.4 is 5.09 Å². The molecule has 0 radical (unpaired) electrons. The maximum Gasteiger partial charge on any atom is 0.343 e. The zero-order valence-corrected chi connectivity index (χ0v) is 9.09. The van der Waals surface area contributed by atoms with Crippen LogP contribution >= 0.6 is 28.5 Å². The van der Waals surface area contributed by atoms with Crippen molar-refractivity contribution in [3.05, 3.63) is 36.6 Å². The fourth-order valence-corrected chi connectivity index (χ4v) is 1.51. The van der Waals surface area contributed by atoms with Gasteiger partial charge in [-0.25, -0.2) is 0 Å². The van der Waals surface area contributed by atoms with E-state index < -0.39 is 6.00 Å². The molecule has 0 atom stereocenters. The molecule has 0 saturated carbocycles. The normalized spacial score (nSPS) is 11.6. The monoisotopic (exact) mass is 225 g/mol. The lowest BCUT2D eigenvalue weighted by Gasteiger charge is -2.04. The average molecular weight is 226 g/mol. The van der Waals surface area contributed by atoms with E-state index in [0.717, 1.165) is 5.57 Å². The van der Waals surface area contributed by atoms with Crippen LogP contribution in [-0.2, 0) is 4.57 Å². The van der Waals surface area contributed by atoms with Crippen LogP contribution in [0.15, 0.2) is 36.6 Å². The molecule has 0 aliphatic heterocycles. The summed E-state index contributed by atoms with van der Waals surface area (Å²) in [5.74, 6) is -3.27. The van der Waals surface area contributed by atoms with Gasteiger partial charge in [-0.05, 0) is 35.5 Å². The summed E-state index contributed by atoms with van der Waals surface area (Å²) in [6, 6.07) is 0. The smallest absolute Gasteiger partial charge is 0.313 e. The Labute approximate surface area is 81.9 Å². The fraction of sp³-hybridized carbons (Fsp3) is 0.143. The topological polar surface area (TPSA) is 29.1 Å². The van der Waals surface area contributed by atoms with Crippen LogP contribution in [0.2, 0.25) is 0 Å². The minimum atomic E-state index is -3.27. The van der Waals surface area contributed by atoms with E-state index in [1.54, 1.807) is 12.2 Å². The molecule has 0 saturated heterocycles. The zero-order valence-electron chi connectivity index (χ0n) is 6.68. The van der Waals surface area contributed by atoms with E-state index in [1.165, 1.54) is 0 Å². The van der Waals surface area contributed by atoms with Crippen LogP contribution in [0.4, 0.5) is 0 Å². The SMILES string of the molecule is C=C(C)/C=C\C(=C)NP(=O)(Cl)Cl. The van der Waals surface area contributed by atoms with Gasteiger partial charge in [0, 0.05) is 5.70 Å². The van der Waals surface area contributed by atoms with Gasteiger partial charge in [0.1, 0.15) is 0 Å². The van der Waals surface area contributed by atoms with E-state index in [9.17, 15) is 4.57 Å². The summed E-state index contributed by atoms with van der Waals surface area (Å²) in [7, 11) is 0. The van der Waals surface area contributed by atoms with E-state index >= 15 is 0 Å². The Morgan fingerprint density at radius 1 is 1.42 bits per heavy atom. The molecule has 0 aliphatic rings. The summed E-state index contributed by atoms with van der Waals surface area (Å²) in [4.78, 5) is 0. The summed E-state index contributed by atoms with van der Waals surface area (Å²) in [6.45, 7) is 8.99. The molecular weight excluding hydrogens is 216 g/mol. The van der Waals surface area contributed by atoms with Gasteiger partial charge in [-0.2, -0.15) is 0 Å². The molecule has 0 fully saturated rings. The summed E-state index contributed by atoms with van der Waals surface area (Å²) in [5, 5.41) is 2.34. The molecule has 2 nitrogen and oxygen atoms in total. The van der Waals surface area contributed by atoms with E-state index in [0.29, 0.717) is 5.70 Å². The van der Waals surface area contributed by atoms with E-state index in [1.807, 2.05) is 6.92 Å². The first-order valence-electron chi connectivity index (χ1n) is 3.11. The van der Waals surface area contributed by atoms with Crippen molar-refractivity contribution < 1.29 is 4.57 Å². The van der Waals surface area contributed by atoms with Gasteiger partial charge in [0.25, 0.3) is 0 Å². The van der Waals surface area contributed by atoms with Crippen molar-refractivity contribution >= 4 is 28.5 Å². The largest absolute Gasteiger partial charge is 0.343 e. The molecule has 0 unspecified atom stereocenters. The second-order valence-electron chi connectivity index (χ2n) is 2.28. The minimum Gasteiger partial charge on any atom is -0.313 e. The van der Waals surface area contributed by atoms with Crippen molar-refractivity contribution in [3.8, 4) is 0 Å². The molecule has 12 heavy (non-hydrogen) atoms. The van der Waals surface area contributed by atoms with Crippen LogP contribution in [0.25, 0.3) is 0 Å². The van der Waals surface area contributed by atoms with E-state index in [4.69, 9.17) is 22.5 Å². The predicted octanol–water partition coefficient (Wildman–Crippen LogP) is 3.81. The molecule has 0 aromatic rings. The summed E-state index contributed by atoms with van der Waals surface area (Å²) in [6.07, 6.45) is 3.30. The van der Waals surface area contributed by atoms with Crippen LogP contribution in [-0.4, -0.2) is 0 Å². The highest BCUT2D eigenvalue weighted by molar-refractivity contribution is 8.07. The van der Waals surface area contributed by atoms with Gasteiger partial charge in [0.15, 0.2) is 0 Å². The third-order valence-electron chi connectivity index (χ3n) is 0.843. The standard InChI is InChI=1S/C7H10Cl2NOP/c1-6(2)4-5-7(3)10-12(8,9)11/h4-5H,1,3H2,2H3,(H,10,11)/b5-4-. The number of rotatable bonds is 4. The third-order valence-corrected chi connectivity index (χ3v) is 1.90. The molecule has 68 valence electrons.